The number of thiophene rings is 1. The van der Waals surface area contributed by atoms with Crippen molar-refractivity contribution in [3.63, 3.8) is 0 Å². The van der Waals surface area contributed by atoms with Crippen LogP contribution < -0.4 is 15.8 Å². The average molecular weight is 305 g/mol. The number of methoxy groups -OCH3 is 1. The highest BCUT2D eigenvalue weighted by molar-refractivity contribution is 7.21. The zero-order valence-electron chi connectivity index (χ0n) is 12.0. The Morgan fingerprint density at radius 2 is 2.24 bits per heavy atom. The molecule has 2 heterocycles. The van der Waals surface area contributed by atoms with Crippen molar-refractivity contribution in [1.82, 2.24) is 10.2 Å². The third kappa shape index (κ3) is 2.69. The molecular formula is C15H19N3O2S. The molecule has 0 spiro atoms. The Labute approximate surface area is 127 Å². The van der Waals surface area contributed by atoms with Crippen LogP contribution in [0.4, 0.5) is 5.69 Å². The highest BCUT2D eigenvalue weighted by Gasteiger charge is 2.22. The number of hydrogen-bond acceptors (Lipinski definition) is 5. The zero-order chi connectivity index (χ0) is 14.8. The summed E-state index contributed by atoms with van der Waals surface area (Å²) >= 11 is 1.45. The number of ether oxygens (including phenoxy) is 1. The number of nitrogens with two attached hydrogens (primary N) is 1. The van der Waals surface area contributed by atoms with Crippen LogP contribution in [0, 0.1) is 0 Å². The molecule has 1 fully saturated rings. The maximum Gasteiger partial charge on any atom is 0.266 e. The Morgan fingerprint density at radius 3 is 3.05 bits per heavy atom. The van der Waals surface area contributed by atoms with Gasteiger partial charge in [0.1, 0.15) is 10.6 Å². The summed E-state index contributed by atoms with van der Waals surface area (Å²) in [5.41, 5.74) is 6.77. The first kappa shape index (κ1) is 14.2. The van der Waals surface area contributed by atoms with Crippen molar-refractivity contribution in [2.75, 3.05) is 39.0 Å². The van der Waals surface area contributed by atoms with E-state index < -0.39 is 0 Å². The van der Waals surface area contributed by atoms with Gasteiger partial charge in [-0.25, -0.2) is 0 Å². The maximum absolute atomic E-state index is 12.7. The van der Waals surface area contributed by atoms with E-state index in [0.717, 1.165) is 48.4 Å². The molecule has 1 aliphatic rings. The molecule has 2 aromatic rings. The number of nitrogens with zero attached hydrogens (tertiary/aromatic N) is 1. The Kier molecular flexibility index (Phi) is 3.98. The molecule has 1 saturated heterocycles. The van der Waals surface area contributed by atoms with Crippen molar-refractivity contribution in [3.8, 4) is 5.75 Å². The fourth-order valence-electron chi connectivity index (χ4n) is 2.58. The first-order chi connectivity index (χ1) is 10.2. The van der Waals surface area contributed by atoms with E-state index in [4.69, 9.17) is 10.5 Å². The van der Waals surface area contributed by atoms with Crippen LogP contribution in [0.25, 0.3) is 10.1 Å². The van der Waals surface area contributed by atoms with Crippen molar-refractivity contribution < 1.29 is 9.53 Å². The lowest BCUT2D eigenvalue weighted by atomic mass is 10.2. The topological polar surface area (TPSA) is 67.6 Å². The number of nitrogens with one attached hydrogen (secondary N) is 1. The number of fused-ring (bicyclic) bond motifs is 1. The quantitative estimate of drug-likeness (QED) is 0.889. The third-order valence-corrected chi connectivity index (χ3v) is 4.91. The van der Waals surface area contributed by atoms with Crippen LogP contribution in [0.3, 0.4) is 0 Å². The number of anilines is 1. The molecule has 0 atom stereocenters. The smallest absolute Gasteiger partial charge is 0.266 e. The van der Waals surface area contributed by atoms with Gasteiger partial charge in [-0.15, -0.1) is 11.3 Å². The molecule has 1 aromatic carbocycles. The standard InChI is InChI=1S/C15H19N3O2S/c1-20-10-3-4-11-12(9-10)21-14(13(11)16)15(19)18-7-2-5-17-6-8-18/h3-4,9,17H,2,5-8,16H2,1H3. The van der Waals surface area contributed by atoms with Crippen LogP contribution in [-0.2, 0) is 0 Å². The molecule has 0 aliphatic carbocycles. The van der Waals surface area contributed by atoms with Crippen molar-refractivity contribution in [3.05, 3.63) is 23.1 Å². The van der Waals surface area contributed by atoms with E-state index >= 15 is 0 Å². The van der Waals surface area contributed by atoms with Crippen LogP contribution in [0.5, 0.6) is 5.75 Å². The van der Waals surface area contributed by atoms with Crippen molar-refractivity contribution in [1.29, 1.82) is 0 Å². The van der Waals surface area contributed by atoms with Gasteiger partial charge >= 0.3 is 0 Å². The maximum atomic E-state index is 12.7. The summed E-state index contributed by atoms with van der Waals surface area (Å²) in [6, 6.07) is 5.72. The van der Waals surface area contributed by atoms with Gasteiger partial charge in [-0.1, -0.05) is 0 Å². The number of rotatable bonds is 2. The second-order valence-corrected chi connectivity index (χ2v) is 6.15. The van der Waals surface area contributed by atoms with Crippen LogP contribution >= 0.6 is 11.3 Å². The number of benzene rings is 1. The Bertz CT molecular complexity index is 660. The van der Waals surface area contributed by atoms with Gasteiger partial charge in [0, 0.05) is 29.7 Å². The molecule has 5 nitrogen and oxygen atoms in total. The van der Waals surface area contributed by atoms with E-state index in [9.17, 15) is 4.79 Å². The summed E-state index contributed by atoms with van der Waals surface area (Å²) in [5, 5.41) is 4.23. The van der Waals surface area contributed by atoms with Gasteiger partial charge in [0.15, 0.2) is 0 Å². The summed E-state index contributed by atoms with van der Waals surface area (Å²) in [6.45, 7) is 3.31. The van der Waals surface area contributed by atoms with Gasteiger partial charge < -0.3 is 20.7 Å². The third-order valence-electron chi connectivity index (χ3n) is 3.76. The first-order valence-corrected chi connectivity index (χ1v) is 7.88. The molecule has 0 saturated carbocycles. The largest absolute Gasteiger partial charge is 0.497 e. The lowest BCUT2D eigenvalue weighted by molar-refractivity contribution is 0.0772. The summed E-state index contributed by atoms with van der Waals surface area (Å²) < 4.78 is 6.22. The van der Waals surface area contributed by atoms with Gasteiger partial charge in [0.2, 0.25) is 0 Å². The lowest BCUT2D eigenvalue weighted by Gasteiger charge is -2.19. The van der Waals surface area contributed by atoms with Gasteiger partial charge in [-0.3, -0.25) is 4.79 Å². The van der Waals surface area contributed by atoms with Gasteiger partial charge in [0.05, 0.1) is 12.8 Å². The molecule has 0 radical (unpaired) electrons. The average Bonchev–Trinajstić information content (AvgIpc) is 2.71. The SMILES string of the molecule is COc1ccc2c(N)c(C(=O)N3CCCNCC3)sc2c1. The lowest BCUT2D eigenvalue weighted by Crippen LogP contribution is -2.34. The molecule has 0 bridgehead atoms. The van der Waals surface area contributed by atoms with Crippen LogP contribution in [0.15, 0.2) is 18.2 Å². The molecule has 6 heteroatoms. The van der Waals surface area contributed by atoms with E-state index in [1.54, 1.807) is 7.11 Å². The van der Waals surface area contributed by atoms with E-state index in [-0.39, 0.29) is 5.91 Å². The monoisotopic (exact) mass is 305 g/mol. The summed E-state index contributed by atoms with van der Waals surface area (Å²) in [4.78, 5) is 15.2. The van der Waals surface area contributed by atoms with Gasteiger partial charge in [0.25, 0.3) is 5.91 Å². The molecule has 3 N–H and O–H groups in total. The summed E-state index contributed by atoms with van der Waals surface area (Å²) in [5.74, 6) is 0.818. The number of amides is 1. The van der Waals surface area contributed by atoms with E-state index in [0.29, 0.717) is 10.6 Å². The second kappa shape index (κ2) is 5.91. The van der Waals surface area contributed by atoms with Gasteiger partial charge in [-0.05, 0) is 31.2 Å². The molecule has 112 valence electrons. The zero-order valence-corrected chi connectivity index (χ0v) is 12.8. The van der Waals surface area contributed by atoms with E-state index in [1.807, 2.05) is 23.1 Å². The fraction of sp³-hybridized carbons (Fsp3) is 0.400. The molecular weight excluding hydrogens is 286 g/mol. The number of carbonyl (C=O) groups is 1. The highest BCUT2D eigenvalue weighted by atomic mass is 32.1. The van der Waals surface area contributed by atoms with Crippen molar-refractivity contribution in [2.24, 2.45) is 0 Å². The fourth-order valence-corrected chi connectivity index (χ4v) is 3.69. The molecule has 1 aromatic heterocycles. The molecule has 1 amide bonds. The van der Waals surface area contributed by atoms with Crippen LogP contribution in [0.2, 0.25) is 0 Å². The van der Waals surface area contributed by atoms with E-state index in [1.165, 1.54) is 11.3 Å². The Morgan fingerprint density at radius 1 is 1.38 bits per heavy atom. The number of carbonyl (C=O) groups excluding carboxylic acids is 1. The second-order valence-electron chi connectivity index (χ2n) is 5.10. The molecule has 0 unspecified atom stereocenters. The first-order valence-electron chi connectivity index (χ1n) is 7.06. The van der Waals surface area contributed by atoms with Crippen LogP contribution in [-0.4, -0.2) is 44.1 Å². The predicted octanol–water partition coefficient (Wildman–Crippen LogP) is 1.93. The number of nitrogen functional groups attached to an aromatic ring is 1. The predicted molar refractivity (Wildman–Crippen MR) is 86.2 cm³/mol. The minimum Gasteiger partial charge on any atom is -0.497 e. The minimum absolute atomic E-state index is 0.0383. The molecule has 3 rings (SSSR count). The minimum atomic E-state index is 0.0383. The molecule has 21 heavy (non-hydrogen) atoms. The summed E-state index contributed by atoms with van der Waals surface area (Å²) in [7, 11) is 1.63. The van der Waals surface area contributed by atoms with Crippen LogP contribution in [0.1, 0.15) is 16.1 Å². The Hall–Kier alpha value is -1.79. The van der Waals surface area contributed by atoms with Crippen molar-refractivity contribution >= 4 is 33.0 Å². The van der Waals surface area contributed by atoms with Gasteiger partial charge in [-0.2, -0.15) is 0 Å². The summed E-state index contributed by atoms with van der Waals surface area (Å²) in [6.07, 6.45) is 0.977. The normalized spacial score (nSPS) is 16.0. The van der Waals surface area contributed by atoms with Crippen molar-refractivity contribution in [2.45, 2.75) is 6.42 Å². The Balaban J connectivity index is 1.95. The highest BCUT2D eigenvalue weighted by Crippen LogP contribution is 2.36. The molecule has 1 aliphatic heterocycles. The van der Waals surface area contributed by atoms with E-state index in [2.05, 4.69) is 5.32 Å². The number of hydrogen-bond donors (Lipinski definition) is 2.